The number of aromatic carboxylic acids is 1. The number of carbonyl (C=O) groups is 4. The maximum absolute atomic E-state index is 16.0. The van der Waals surface area contributed by atoms with Crippen LogP contribution in [-0.4, -0.2) is 115 Å². The number of Topliss-reactive ketones (excluding diaryl/α,β-unsaturated/α-hetero) is 1. The Labute approximate surface area is 425 Å². The topological polar surface area (TPSA) is 276 Å². The number of nitrogens with zero attached hydrogens (tertiary/aromatic N) is 2. The van der Waals surface area contributed by atoms with Gasteiger partial charge in [0.1, 0.15) is 34.7 Å². The van der Waals surface area contributed by atoms with Gasteiger partial charge in [0.05, 0.1) is 52.4 Å². The molecule has 0 unspecified atom stereocenters. The largest absolute Gasteiger partial charge is 0.507 e. The number of ketones is 1. The Morgan fingerprint density at radius 2 is 1.70 bits per heavy atom. The maximum atomic E-state index is 16.0. The number of carboxylic acid groups (broad SMARTS) is 1. The predicted octanol–water partition coefficient (Wildman–Crippen LogP) is 6.36. The lowest BCUT2D eigenvalue weighted by atomic mass is 9.84. The fourth-order valence-corrected chi connectivity index (χ4v) is 10.3. The fraction of sp³-hybridized carbons (Fsp3) is 0.463. The Hall–Kier alpha value is -7.00. The number of phenols is 3. The van der Waals surface area contributed by atoms with Gasteiger partial charge in [0.15, 0.2) is 5.75 Å². The lowest BCUT2D eigenvalue weighted by Gasteiger charge is -2.33. The van der Waals surface area contributed by atoms with Crippen molar-refractivity contribution in [3.63, 3.8) is 0 Å². The minimum Gasteiger partial charge on any atom is -0.507 e. The molecule has 9 atom stereocenters. The molecule has 74 heavy (non-hydrogen) atoms. The molecule has 3 aromatic carbocycles. The molecule has 1 amide bonds. The van der Waals surface area contributed by atoms with Gasteiger partial charge in [-0.05, 0) is 51.3 Å². The number of aliphatic hydroxyl groups excluding tert-OH is 2. The summed E-state index contributed by atoms with van der Waals surface area (Å²) in [5.74, 6) is -10.3. The number of rotatable bonds is 8. The molecule has 2 fully saturated rings. The summed E-state index contributed by atoms with van der Waals surface area (Å²) >= 11 is 0. The number of pyridine rings is 1. The van der Waals surface area contributed by atoms with Gasteiger partial charge in [-0.25, -0.2) is 9.18 Å². The molecular formula is C54H63FN4O15. The van der Waals surface area contributed by atoms with E-state index in [4.69, 9.17) is 18.9 Å². The summed E-state index contributed by atoms with van der Waals surface area (Å²) in [5, 5.41) is 74.1. The zero-order chi connectivity index (χ0) is 53.8. The number of methoxy groups -OCH3 is 1. The highest BCUT2D eigenvalue weighted by atomic mass is 19.1. The summed E-state index contributed by atoms with van der Waals surface area (Å²) in [6, 6.07) is 2.17. The number of fused-ring (bicyclic) bond motifs is 15. The van der Waals surface area contributed by atoms with E-state index in [9.17, 15) is 54.6 Å². The van der Waals surface area contributed by atoms with Gasteiger partial charge in [-0.1, -0.05) is 39.0 Å². The molecule has 1 aromatic heterocycles. The molecule has 396 valence electrons. The average Bonchev–Trinajstić information content (AvgIpc) is 4.03. The van der Waals surface area contributed by atoms with Crippen molar-refractivity contribution >= 4 is 56.7 Å². The van der Waals surface area contributed by atoms with Gasteiger partial charge in [-0.3, -0.25) is 19.2 Å². The Bertz CT molecular complexity index is 3110. The lowest BCUT2D eigenvalue weighted by Crippen LogP contribution is -2.40. The first kappa shape index (κ1) is 53.3. The van der Waals surface area contributed by atoms with Crippen molar-refractivity contribution in [3.8, 4) is 23.0 Å². The minimum absolute atomic E-state index is 0.00173. The van der Waals surface area contributed by atoms with E-state index >= 15 is 4.39 Å². The molecule has 4 aromatic rings. The van der Waals surface area contributed by atoms with Gasteiger partial charge < -0.3 is 69.7 Å². The first-order valence-electron chi connectivity index (χ1n) is 24.6. The molecule has 0 radical (unpaired) electrons. The van der Waals surface area contributed by atoms with Crippen LogP contribution in [0.1, 0.15) is 105 Å². The summed E-state index contributed by atoms with van der Waals surface area (Å²) in [4.78, 5) is 67.9. The van der Waals surface area contributed by atoms with Gasteiger partial charge in [-0.15, -0.1) is 0 Å². The number of halogens is 1. The second kappa shape index (κ2) is 20.7. The third-order valence-electron chi connectivity index (χ3n) is 15.0. The van der Waals surface area contributed by atoms with E-state index in [0.29, 0.717) is 18.5 Å². The van der Waals surface area contributed by atoms with Crippen LogP contribution in [0.3, 0.4) is 0 Å². The van der Waals surface area contributed by atoms with Crippen LogP contribution in [0.2, 0.25) is 0 Å². The van der Waals surface area contributed by atoms with E-state index in [1.165, 1.54) is 53.2 Å². The number of aromatic hydroxyl groups is 3. The highest BCUT2D eigenvalue weighted by Crippen LogP contribution is 2.55. The summed E-state index contributed by atoms with van der Waals surface area (Å²) in [7, 11) is 1.41. The zero-order valence-electron chi connectivity index (χ0n) is 42.4. The molecule has 1 saturated carbocycles. The number of carbonyl (C=O) groups excluding carboxylic acids is 3. The third-order valence-corrected chi connectivity index (χ3v) is 15.0. The van der Waals surface area contributed by atoms with E-state index in [2.05, 4.69) is 10.6 Å². The highest BCUT2D eigenvalue weighted by Gasteiger charge is 2.50. The van der Waals surface area contributed by atoms with Crippen LogP contribution in [0.5, 0.6) is 23.0 Å². The molecule has 8 N–H and O–H groups in total. The Morgan fingerprint density at radius 1 is 0.986 bits per heavy atom. The summed E-state index contributed by atoms with van der Waals surface area (Å²) in [6.45, 7) is 10.9. The van der Waals surface area contributed by atoms with Crippen LogP contribution in [0.25, 0.3) is 21.7 Å². The van der Waals surface area contributed by atoms with Crippen LogP contribution in [0, 0.1) is 30.5 Å². The predicted molar refractivity (Wildman–Crippen MR) is 270 cm³/mol. The number of carboxylic acids is 1. The van der Waals surface area contributed by atoms with Crippen LogP contribution < -0.4 is 25.7 Å². The quantitative estimate of drug-likeness (QED) is 0.0541. The van der Waals surface area contributed by atoms with Gasteiger partial charge in [0.25, 0.3) is 11.7 Å². The molecule has 9 rings (SSSR count). The monoisotopic (exact) mass is 1030 g/mol. The fourth-order valence-electron chi connectivity index (χ4n) is 10.3. The second-order valence-electron chi connectivity index (χ2n) is 20.2. The summed E-state index contributed by atoms with van der Waals surface area (Å²) in [5.41, 5.74) is -1.15. The summed E-state index contributed by atoms with van der Waals surface area (Å²) < 4.78 is 41.3. The molecule has 4 aliphatic heterocycles. The van der Waals surface area contributed by atoms with Gasteiger partial charge in [-0.2, -0.15) is 0 Å². The van der Waals surface area contributed by atoms with E-state index in [0.717, 1.165) is 25.2 Å². The smallest absolute Gasteiger partial charge is 0.341 e. The standard InChI is InChI=1S/C54H63FN4O15/c1-24-10-9-11-25(2)52(68)57-44-33(21-56-30-14-16-58(22-30)37-19-36-32(18-35(37)55)47(64)34(53(69)70)23-59(36)31-12-13-31)48(65)41-42(49(44)66)46(63)28(5)50-43(41)51(67)54(7,74-50)72-17-15-39(71-8)27(4)40(73-29(6)60)20-38(61)26(3)45(24)62/h9-11,15,17-19,23-24,26-27,30-31,38-40,45,56,61-63,65-66H,12-14,16,20-22H2,1-8H3,(H,57,68)(H,69,70)/b10-9+,17-15+,25-11-/t24-,26-,27+,30-,38-,39-,40-,45-,54-/m0/s1. The number of hydrogen-bond donors (Lipinski definition) is 8. The molecular weight excluding hydrogens is 964 g/mol. The number of amides is 1. The van der Waals surface area contributed by atoms with Crippen molar-refractivity contribution in [3.05, 3.63) is 92.8 Å². The Balaban J connectivity index is 1.18. The number of nitrogens with one attached hydrogen (secondary N) is 2. The first-order chi connectivity index (χ1) is 35.0. The zero-order valence-corrected chi connectivity index (χ0v) is 42.4. The Kier molecular flexibility index (Phi) is 14.9. The molecule has 5 aliphatic rings. The van der Waals surface area contributed by atoms with E-state index in [-0.39, 0.29) is 81.1 Å². The number of benzene rings is 3. The molecule has 19 nitrogen and oxygen atoms in total. The lowest BCUT2D eigenvalue weighted by molar-refractivity contribution is -0.154. The first-order valence-corrected chi connectivity index (χ1v) is 24.6. The van der Waals surface area contributed by atoms with Crippen molar-refractivity contribution in [2.45, 2.75) is 123 Å². The molecule has 1 aliphatic carbocycles. The number of esters is 1. The van der Waals surface area contributed by atoms with Gasteiger partial charge in [0.2, 0.25) is 5.43 Å². The van der Waals surface area contributed by atoms with Crippen molar-refractivity contribution in [1.29, 1.82) is 0 Å². The number of allylic oxidation sites excluding steroid dienone is 2. The second-order valence-corrected chi connectivity index (χ2v) is 20.2. The normalized spacial score (nSPS) is 28.4. The summed E-state index contributed by atoms with van der Waals surface area (Å²) in [6.07, 6.45) is 6.50. The average molecular weight is 1030 g/mol. The number of phenolic OH excluding ortho intramolecular Hbond substituents is 3. The number of aliphatic hydroxyl groups is 2. The maximum Gasteiger partial charge on any atom is 0.341 e. The Morgan fingerprint density at radius 3 is 2.36 bits per heavy atom. The molecule has 20 heteroatoms. The molecule has 0 spiro atoms. The number of hydrogen-bond acceptors (Lipinski definition) is 16. The van der Waals surface area contributed by atoms with E-state index < -0.39 is 112 Å². The SMILES string of the molecule is CO[C@H]1/C=C/O[C@@]2(C)Oc3c(C)c(O)c4c(O)c(c(CN[C@H]5CCN(c6cc7c(cc6F)c(=O)c(C(=O)O)cn7C6CC6)C5)c(O)c4c3C2=O)NC(=O)/C(C)=C\C=C\[C@H](C)[C@H](O)[C@@H](C)[C@@H](O)C[C@H](OC(C)=O)[C@@H]1C. The van der Waals surface area contributed by atoms with Crippen molar-refractivity contribution in [2.75, 3.05) is 30.4 Å². The molecule has 5 bridgehead atoms. The number of aromatic nitrogens is 1. The molecule has 1 saturated heterocycles. The van der Waals surface area contributed by atoms with Gasteiger partial charge in [0, 0.05) is 111 Å². The third kappa shape index (κ3) is 9.90. The van der Waals surface area contributed by atoms with Crippen LogP contribution in [0.15, 0.2) is 59.3 Å². The van der Waals surface area contributed by atoms with Crippen LogP contribution >= 0.6 is 0 Å². The molecule has 5 heterocycles. The van der Waals surface area contributed by atoms with E-state index in [1.54, 1.807) is 48.5 Å². The van der Waals surface area contributed by atoms with Gasteiger partial charge >= 0.3 is 17.7 Å². The number of ether oxygens (including phenoxy) is 4. The van der Waals surface area contributed by atoms with Crippen molar-refractivity contribution < 1.29 is 73.2 Å². The van der Waals surface area contributed by atoms with E-state index in [1.807, 2.05) is 0 Å². The van der Waals surface area contributed by atoms with Crippen LogP contribution in [0.4, 0.5) is 15.8 Å². The number of anilines is 2. The van der Waals surface area contributed by atoms with Crippen LogP contribution in [-0.2, 0) is 30.3 Å². The van der Waals surface area contributed by atoms with Crippen molar-refractivity contribution in [2.24, 2.45) is 17.8 Å². The minimum atomic E-state index is -2.12. The highest BCUT2D eigenvalue weighted by molar-refractivity contribution is 6.22. The van der Waals surface area contributed by atoms with Crippen molar-refractivity contribution in [1.82, 2.24) is 9.88 Å².